The van der Waals surface area contributed by atoms with Gasteiger partial charge in [0.25, 0.3) is 0 Å². The smallest absolute Gasteiger partial charge is 0.0589 e. The Morgan fingerprint density at radius 1 is 1.09 bits per heavy atom. The van der Waals surface area contributed by atoms with Crippen LogP contribution in [0.4, 0.5) is 0 Å². The second-order valence-corrected chi connectivity index (χ2v) is 6.18. The van der Waals surface area contributed by atoms with E-state index in [-0.39, 0.29) is 0 Å². The van der Waals surface area contributed by atoms with Crippen molar-refractivity contribution in [2.24, 2.45) is 0 Å². The minimum atomic E-state index is 0.758. The van der Waals surface area contributed by atoms with Gasteiger partial charge in [0.1, 0.15) is 0 Å². The standard InChI is InChI=1S/C17H26N2O2S/c1-20-10-8-19(9-11-21-2)7-6-14-13-18-17-5-4-15(22-3)12-16(14)17/h4-5,12-13,18H,6-11H2,1-3H3. The van der Waals surface area contributed by atoms with Crippen molar-refractivity contribution in [2.45, 2.75) is 11.3 Å². The lowest BCUT2D eigenvalue weighted by Gasteiger charge is -2.21. The molecule has 1 aromatic carbocycles. The van der Waals surface area contributed by atoms with Gasteiger partial charge in [-0.05, 0) is 36.4 Å². The fourth-order valence-electron chi connectivity index (χ4n) is 2.55. The molecule has 1 N–H and O–H groups in total. The van der Waals surface area contributed by atoms with Gasteiger partial charge in [-0.15, -0.1) is 11.8 Å². The van der Waals surface area contributed by atoms with Gasteiger partial charge in [0.05, 0.1) is 13.2 Å². The molecule has 0 unspecified atom stereocenters. The van der Waals surface area contributed by atoms with E-state index in [1.165, 1.54) is 21.4 Å². The first-order chi connectivity index (χ1) is 10.8. The highest BCUT2D eigenvalue weighted by molar-refractivity contribution is 7.98. The van der Waals surface area contributed by atoms with Crippen LogP contribution in [0.5, 0.6) is 0 Å². The molecule has 0 amide bonds. The van der Waals surface area contributed by atoms with E-state index in [1.807, 2.05) is 0 Å². The third-order valence-corrected chi connectivity index (χ3v) is 4.62. The zero-order valence-electron chi connectivity index (χ0n) is 13.7. The van der Waals surface area contributed by atoms with Crippen LogP contribution >= 0.6 is 11.8 Å². The zero-order chi connectivity index (χ0) is 15.8. The molecule has 0 aliphatic heterocycles. The summed E-state index contributed by atoms with van der Waals surface area (Å²) in [7, 11) is 3.50. The Hall–Kier alpha value is -1.01. The molecule has 0 bridgehead atoms. The summed E-state index contributed by atoms with van der Waals surface area (Å²) in [6, 6.07) is 6.61. The minimum absolute atomic E-state index is 0.758. The lowest BCUT2D eigenvalue weighted by Crippen LogP contribution is -2.32. The SMILES string of the molecule is COCCN(CCOC)CCc1c[nH]c2ccc(SC)cc12. The summed E-state index contributed by atoms with van der Waals surface area (Å²) in [4.78, 5) is 7.07. The normalized spacial score (nSPS) is 11.6. The third kappa shape index (κ3) is 4.74. The molecular weight excluding hydrogens is 296 g/mol. The van der Waals surface area contributed by atoms with Crippen LogP contribution in [0.3, 0.4) is 0 Å². The zero-order valence-corrected chi connectivity index (χ0v) is 14.5. The molecule has 0 spiro atoms. The Morgan fingerprint density at radius 2 is 1.82 bits per heavy atom. The number of benzene rings is 1. The molecule has 2 rings (SSSR count). The molecule has 0 radical (unpaired) electrons. The first-order valence-corrected chi connectivity index (χ1v) is 8.85. The van der Waals surface area contributed by atoms with Crippen LogP contribution in [-0.2, 0) is 15.9 Å². The number of fused-ring (bicyclic) bond motifs is 1. The van der Waals surface area contributed by atoms with E-state index >= 15 is 0 Å². The monoisotopic (exact) mass is 322 g/mol. The summed E-state index contributed by atoms with van der Waals surface area (Å²) in [6.45, 7) is 4.42. The lowest BCUT2D eigenvalue weighted by atomic mass is 10.1. The third-order valence-electron chi connectivity index (χ3n) is 3.90. The van der Waals surface area contributed by atoms with Crippen molar-refractivity contribution in [3.8, 4) is 0 Å². The number of thioether (sulfide) groups is 1. The predicted molar refractivity (Wildman–Crippen MR) is 94.0 cm³/mol. The van der Waals surface area contributed by atoms with Crippen LogP contribution in [0, 0.1) is 0 Å². The Labute approximate surface area is 137 Å². The van der Waals surface area contributed by atoms with Gasteiger partial charge in [-0.2, -0.15) is 0 Å². The lowest BCUT2D eigenvalue weighted by molar-refractivity contribution is 0.115. The minimum Gasteiger partial charge on any atom is -0.383 e. The molecule has 2 aromatic rings. The molecule has 4 nitrogen and oxygen atoms in total. The maximum Gasteiger partial charge on any atom is 0.0589 e. The van der Waals surface area contributed by atoms with Crippen molar-refractivity contribution >= 4 is 22.7 Å². The highest BCUT2D eigenvalue weighted by Crippen LogP contribution is 2.24. The van der Waals surface area contributed by atoms with Crippen molar-refractivity contribution in [3.05, 3.63) is 30.0 Å². The number of aromatic amines is 1. The van der Waals surface area contributed by atoms with Crippen LogP contribution in [0.1, 0.15) is 5.56 Å². The van der Waals surface area contributed by atoms with Gasteiger partial charge in [-0.25, -0.2) is 0 Å². The molecule has 5 heteroatoms. The first kappa shape index (κ1) is 17.3. The van der Waals surface area contributed by atoms with Gasteiger partial charge in [-0.3, -0.25) is 4.90 Å². The number of hydrogen-bond acceptors (Lipinski definition) is 4. The highest BCUT2D eigenvalue weighted by atomic mass is 32.2. The second kappa shape index (κ2) is 9.20. The number of hydrogen-bond donors (Lipinski definition) is 1. The molecule has 0 fully saturated rings. The van der Waals surface area contributed by atoms with Gasteiger partial charge in [0.15, 0.2) is 0 Å². The number of aromatic nitrogens is 1. The van der Waals surface area contributed by atoms with Crippen molar-refractivity contribution in [2.75, 3.05) is 53.3 Å². The average molecular weight is 322 g/mol. The van der Waals surface area contributed by atoms with E-state index in [0.717, 1.165) is 39.3 Å². The Kier molecular flexibility index (Phi) is 7.25. The summed E-state index contributed by atoms with van der Waals surface area (Å²) >= 11 is 1.78. The van der Waals surface area contributed by atoms with Crippen molar-refractivity contribution in [1.29, 1.82) is 0 Å². The highest BCUT2D eigenvalue weighted by Gasteiger charge is 2.09. The summed E-state index contributed by atoms with van der Waals surface area (Å²) in [5.41, 5.74) is 2.60. The van der Waals surface area contributed by atoms with Crippen molar-refractivity contribution < 1.29 is 9.47 Å². The van der Waals surface area contributed by atoms with E-state index in [4.69, 9.17) is 9.47 Å². The maximum atomic E-state index is 5.20. The van der Waals surface area contributed by atoms with Crippen LogP contribution in [0.15, 0.2) is 29.3 Å². The molecule has 0 saturated carbocycles. The Bertz CT molecular complexity index is 563. The van der Waals surface area contributed by atoms with Crippen molar-refractivity contribution in [3.63, 3.8) is 0 Å². The van der Waals surface area contributed by atoms with E-state index in [1.54, 1.807) is 26.0 Å². The molecule has 122 valence electrons. The number of nitrogens with one attached hydrogen (secondary N) is 1. The predicted octanol–water partition coefficient (Wildman–Crippen LogP) is 3.03. The summed E-state index contributed by atoms with van der Waals surface area (Å²) < 4.78 is 10.4. The number of rotatable bonds is 10. The fourth-order valence-corrected chi connectivity index (χ4v) is 2.99. The average Bonchev–Trinajstić information content (AvgIpc) is 2.96. The van der Waals surface area contributed by atoms with Gasteiger partial charge >= 0.3 is 0 Å². The molecule has 0 aliphatic rings. The van der Waals surface area contributed by atoms with Crippen LogP contribution in [0.25, 0.3) is 10.9 Å². The fraction of sp³-hybridized carbons (Fsp3) is 0.529. The largest absolute Gasteiger partial charge is 0.383 e. The van der Waals surface area contributed by atoms with Gasteiger partial charge in [0, 0.05) is 55.8 Å². The van der Waals surface area contributed by atoms with E-state index < -0.39 is 0 Å². The second-order valence-electron chi connectivity index (χ2n) is 5.30. The summed E-state index contributed by atoms with van der Waals surface area (Å²) in [6.07, 6.45) is 5.29. The molecule has 1 aromatic heterocycles. The quantitative estimate of drug-likeness (QED) is 0.682. The van der Waals surface area contributed by atoms with Crippen LogP contribution in [-0.4, -0.2) is 63.2 Å². The molecule has 22 heavy (non-hydrogen) atoms. The van der Waals surface area contributed by atoms with Crippen LogP contribution < -0.4 is 0 Å². The number of nitrogens with zero attached hydrogens (tertiary/aromatic N) is 1. The van der Waals surface area contributed by atoms with E-state index in [0.29, 0.717) is 0 Å². The number of ether oxygens (including phenoxy) is 2. The van der Waals surface area contributed by atoms with Gasteiger partial charge < -0.3 is 14.5 Å². The molecule has 0 aliphatic carbocycles. The molecular formula is C17H26N2O2S. The molecule has 0 atom stereocenters. The van der Waals surface area contributed by atoms with Crippen LogP contribution in [0.2, 0.25) is 0 Å². The van der Waals surface area contributed by atoms with E-state index in [9.17, 15) is 0 Å². The maximum absolute atomic E-state index is 5.20. The van der Waals surface area contributed by atoms with Gasteiger partial charge in [-0.1, -0.05) is 0 Å². The number of methoxy groups -OCH3 is 2. The first-order valence-electron chi connectivity index (χ1n) is 7.62. The summed E-state index contributed by atoms with van der Waals surface area (Å²) in [5.74, 6) is 0. The summed E-state index contributed by atoms with van der Waals surface area (Å²) in [5, 5.41) is 1.34. The van der Waals surface area contributed by atoms with Gasteiger partial charge in [0.2, 0.25) is 0 Å². The Balaban J connectivity index is 2.01. The Morgan fingerprint density at radius 3 is 2.45 bits per heavy atom. The number of H-pyrrole nitrogens is 1. The van der Waals surface area contributed by atoms with E-state index in [2.05, 4.69) is 40.5 Å². The topological polar surface area (TPSA) is 37.5 Å². The molecule has 0 saturated heterocycles. The van der Waals surface area contributed by atoms with Crippen molar-refractivity contribution in [1.82, 2.24) is 9.88 Å². The molecule has 1 heterocycles.